The lowest BCUT2D eigenvalue weighted by atomic mass is 9.63. The molecule has 12 heteroatoms. The van der Waals surface area contributed by atoms with Crippen molar-refractivity contribution in [3.63, 3.8) is 0 Å². The zero-order valence-electron chi connectivity index (χ0n) is 25.3. The number of halogens is 4. The van der Waals surface area contributed by atoms with Gasteiger partial charge in [-0.05, 0) is 83.6 Å². The molecule has 2 saturated carbocycles. The van der Waals surface area contributed by atoms with Gasteiger partial charge in [0.2, 0.25) is 5.91 Å². The molecule has 6 rings (SSSR count). The van der Waals surface area contributed by atoms with Crippen LogP contribution < -0.4 is 10.9 Å². The summed E-state index contributed by atoms with van der Waals surface area (Å²) in [6, 6.07) is -0.311. The second-order valence-corrected chi connectivity index (χ2v) is 14.2. The summed E-state index contributed by atoms with van der Waals surface area (Å²) in [5, 5.41) is 0. The molecule has 0 spiro atoms. The highest BCUT2D eigenvalue weighted by molar-refractivity contribution is 5.82. The maximum atomic E-state index is 14.6. The van der Waals surface area contributed by atoms with Gasteiger partial charge < -0.3 is 14.4 Å². The second-order valence-electron chi connectivity index (χ2n) is 14.2. The fourth-order valence-electron chi connectivity index (χ4n) is 9.31. The van der Waals surface area contributed by atoms with Crippen LogP contribution in [0.3, 0.4) is 0 Å². The van der Waals surface area contributed by atoms with Gasteiger partial charge in [-0.1, -0.05) is 0 Å². The van der Waals surface area contributed by atoms with Crippen molar-refractivity contribution in [3.05, 3.63) is 0 Å². The van der Waals surface area contributed by atoms with E-state index in [2.05, 4.69) is 22.8 Å². The molecule has 6 aliphatic rings. The minimum atomic E-state index is -4.37. The maximum absolute atomic E-state index is 14.6. The van der Waals surface area contributed by atoms with E-state index in [1.54, 1.807) is 0 Å². The van der Waals surface area contributed by atoms with Crippen molar-refractivity contribution in [1.82, 2.24) is 25.6 Å². The van der Waals surface area contributed by atoms with Crippen LogP contribution in [0, 0.1) is 35.0 Å². The van der Waals surface area contributed by atoms with E-state index in [0.29, 0.717) is 45.6 Å². The molecule has 2 aliphatic carbocycles. The summed E-state index contributed by atoms with van der Waals surface area (Å²) in [5.41, 5.74) is 6.51. The Bertz CT molecular complexity index is 970. The van der Waals surface area contributed by atoms with E-state index in [1.165, 1.54) is 0 Å². The number of alkyl halides is 4. The first-order valence-corrected chi connectivity index (χ1v) is 16.1. The fourth-order valence-corrected chi connectivity index (χ4v) is 9.31. The van der Waals surface area contributed by atoms with Gasteiger partial charge in [0.1, 0.15) is 6.17 Å². The number of hydrogen-bond acceptors (Lipinski definition) is 7. The number of rotatable bonds is 8. The van der Waals surface area contributed by atoms with Gasteiger partial charge in [-0.2, -0.15) is 13.2 Å². The van der Waals surface area contributed by atoms with Gasteiger partial charge in [-0.3, -0.25) is 14.6 Å². The molecule has 6 fully saturated rings. The number of hydrogen-bond donors (Lipinski definition) is 2. The van der Waals surface area contributed by atoms with E-state index in [0.717, 1.165) is 25.9 Å². The molecule has 8 unspecified atom stereocenters. The van der Waals surface area contributed by atoms with Gasteiger partial charge in [0.15, 0.2) is 0 Å². The number of likely N-dealkylation sites (tertiary alicyclic amines) is 2. The van der Waals surface area contributed by atoms with Gasteiger partial charge in [0.05, 0.1) is 38.1 Å². The summed E-state index contributed by atoms with van der Waals surface area (Å²) in [6.45, 7) is 7.54. The Hall–Kier alpha value is -1.05. The average Bonchev–Trinajstić information content (AvgIpc) is 3.63. The van der Waals surface area contributed by atoms with Crippen LogP contribution in [-0.2, 0) is 14.3 Å². The molecule has 0 aromatic heterocycles. The molecule has 240 valence electrons. The molecule has 8 nitrogen and oxygen atoms in total. The highest BCUT2D eigenvalue weighted by Crippen LogP contribution is 2.54. The quantitative estimate of drug-likeness (QED) is 0.413. The normalized spacial score (nSPS) is 42.1. The minimum absolute atomic E-state index is 0.0195. The number of nitrogens with zero attached hydrogens (tertiary/aromatic N) is 3. The van der Waals surface area contributed by atoms with E-state index in [9.17, 15) is 22.4 Å². The van der Waals surface area contributed by atoms with Crippen molar-refractivity contribution in [2.45, 2.75) is 95.5 Å². The Labute approximate surface area is 247 Å². The molecule has 0 aromatic carbocycles. The van der Waals surface area contributed by atoms with Crippen LogP contribution in [0.5, 0.6) is 0 Å². The Balaban J connectivity index is 1.21. The molecule has 4 saturated heterocycles. The molecule has 0 radical (unpaired) electrons. The first kappa shape index (κ1) is 31.0. The summed E-state index contributed by atoms with van der Waals surface area (Å²) in [7, 11) is 2.08. The average molecular weight is 604 g/mol. The van der Waals surface area contributed by atoms with Gasteiger partial charge in [0.25, 0.3) is 0 Å². The lowest BCUT2D eigenvalue weighted by molar-refractivity contribution is -0.205. The third-order valence-electron chi connectivity index (χ3n) is 11.9. The molecule has 4 aliphatic heterocycles. The van der Waals surface area contributed by atoms with Crippen molar-refractivity contribution < 1.29 is 31.8 Å². The third-order valence-corrected chi connectivity index (χ3v) is 11.9. The smallest absolute Gasteiger partial charge is 0.380 e. The summed E-state index contributed by atoms with van der Waals surface area (Å²) in [4.78, 5) is 20.1. The number of hydrazine groups is 1. The highest BCUT2D eigenvalue weighted by atomic mass is 19.4. The predicted molar refractivity (Wildman–Crippen MR) is 149 cm³/mol. The lowest BCUT2D eigenvalue weighted by Crippen LogP contribution is -2.57. The van der Waals surface area contributed by atoms with Crippen molar-refractivity contribution in [2.24, 2.45) is 35.0 Å². The Morgan fingerprint density at radius 1 is 1.14 bits per heavy atom. The number of carbonyl (C=O) groups is 1. The third kappa shape index (κ3) is 5.85. The standard InChI is InChI=1S/C30H49F4N5O3/c1-4-42-23-10-20(29(15-41-16-29)12-27-36-35-17-37(27)3)9-22(11-23)39-14-25-24(28(39)40)7-19(8-26(25)30(32,33)34)18(2)38-6-5-21(31)13-38/h18-27,35-36H,4-17H2,1-3H3/t18-,19?,20?,21+,22?,23?,24?,25?,26?,27?/m1/s1. The highest BCUT2D eigenvalue weighted by Gasteiger charge is 2.59. The van der Waals surface area contributed by atoms with Crippen LogP contribution in [0.15, 0.2) is 0 Å². The van der Waals surface area contributed by atoms with Crippen LogP contribution in [-0.4, -0.2) is 110 Å². The maximum Gasteiger partial charge on any atom is 0.392 e. The summed E-state index contributed by atoms with van der Waals surface area (Å²) in [5.74, 6) is -2.99. The number of fused-ring (bicyclic) bond motifs is 1. The van der Waals surface area contributed by atoms with Crippen LogP contribution in [0.4, 0.5) is 17.6 Å². The summed E-state index contributed by atoms with van der Waals surface area (Å²) >= 11 is 0. The molecule has 1 amide bonds. The molecule has 42 heavy (non-hydrogen) atoms. The fraction of sp³-hybridized carbons (Fsp3) is 0.967. The molecule has 10 atom stereocenters. The summed E-state index contributed by atoms with van der Waals surface area (Å²) < 4.78 is 69.6. The van der Waals surface area contributed by atoms with Crippen molar-refractivity contribution in [2.75, 3.05) is 53.2 Å². The summed E-state index contributed by atoms with van der Waals surface area (Å²) in [6.07, 6.45) is -1.03. The van der Waals surface area contributed by atoms with E-state index < -0.39 is 30.1 Å². The van der Waals surface area contributed by atoms with Gasteiger partial charge in [-0.25, -0.2) is 15.2 Å². The van der Waals surface area contributed by atoms with Crippen molar-refractivity contribution in [1.29, 1.82) is 0 Å². The van der Waals surface area contributed by atoms with Gasteiger partial charge in [-0.15, -0.1) is 0 Å². The van der Waals surface area contributed by atoms with Crippen LogP contribution >= 0.6 is 0 Å². The number of carbonyl (C=O) groups excluding carboxylic acids is 1. The second kappa shape index (κ2) is 12.0. The topological polar surface area (TPSA) is 69.3 Å². The zero-order chi connectivity index (χ0) is 29.8. The van der Waals surface area contributed by atoms with E-state index >= 15 is 0 Å². The first-order chi connectivity index (χ1) is 20.0. The largest absolute Gasteiger partial charge is 0.392 e. The van der Waals surface area contributed by atoms with Crippen LogP contribution in [0.1, 0.15) is 58.8 Å². The minimum Gasteiger partial charge on any atom is -0.380 e. The van der Waals surface area contributed by atoms with Crippen LogP contribution in [0.2, 0.25) is 0 Å². The molecule has 0 bridgehead atoms. The first-order valence-electron chi connectivity index (χ1n) is 16.1. The van der Waals surface area contributed by atoms with Gasteiger partial charge in [0, 0.05) is 49.7 Å². The SMILES string of the molecule is CCOC1CC(N2CC3C(CC([C@@H](C)N4CC[C@H](F)C4)CC3C(F)(F)F)C2=O)CC(C2(CC3NNCN3C)COC2)C1. The van der Waals surface area contributed by atoms with Crippen molar-refractivity contribution in [3.8, 4) is 0 Å². The number of ether oxygens (including phenoxy) is 2. The van der Waals surface area contributed by atoms with E-state index in [4.69, 9.17) is 9.47 Å². The monoisotopic (exact) mass is 603 g/mol. The van der Waals surface area contributed by atoms with E-state index in [-0.39, 0.29) is 67.0 Å². The Morgan fingerprint density at radius 3 is 2.52 bits per heavy atom. The zero-order valence-corrected chi connectivity index (χ0v) is 25.3. The molecule has 2 N–H and O–H groups in total. The number of amides is 1. The predicted octanol–water partition coefficient (Wildman–Crippen LogP) is 3.39. The Morgan fingerprint density at radius 2 is 1.93 bits per heavy atom. The lowest BCUT2D eigenvalue weighted by Gasteiger charge is -2.53. The van der Waals surface area contributed by atoms with Crippen LogP contribution in [0.25, 0.3) is 0 Å². The van der Waals surface area contributed by atoms with Crippen molar-refractivity contribution >= 4 is 5.91 Å². The molecule has 0 aromatic rings. The molecular formula is C30H49F4N5O3. The van der Waals surface area contributed by atoms with Gasteiger partial charge >= 0.3 is 6.18 Å². The molecular weight excluding hydrogens is 554 g/mol. The number of nitrogens with one attached hydrogen (secondary N) is 2. The Kier molecular flexibility index (Phi) is 8.87. The molecule has 4 heterocycles. The van der Waals surface area contributed by atoms with E-state index in [1.807, 2.05) is 23.6 Å².